The number of anilines is 1. The number of nitrogens with zero attached hydrogens (tertiary/aromatic N) is 5. The summed E-state index contributed by atoms with van der Waals surface area (Å²) in [6.45, 7) is 3.94. The van der Waals surface area contributed by atoms with Gasteiger partial charge in [0, 0.05) is 56.8 Å². The Morgan fingerprint density at radius 1 is 0.891 bits per heavy atom. The number of likely N-dealkylation sites (N-methyl/N-ethyl adjacent to an activating group) is 1. The molecule has 2 amide bonds. The smallest absolute Gasteiger partial charge is 0.475 e. The summed E-state index contributed by atoms with van der Waals surface area (Å²) < 4.78 is 65.5. The first-order chi connectivity index (χ1) is 21.4. The molecule has 0 saturated carbocycles. The number of hydrogen-bond donors (Lipinski definition) is 3. The van der Waals surface area contributed by atoms with Gasteiger partial charge in [0.2, 0.25) is 5.91 Å². The van der Waals surface area contributed by atoms with Gasteiger partial charge in [-0.1, -0.05) is 6.07 Å². The fourth-order valence-electron chi connectivity index (χ4n) is 4.00. The summed E-state index contributed by atoms with van der Waals surface area (Å²) in [4.78, 5) is 53.0. The maximum Gasteiger partial charge on any atom is 0.490 e. The van der Waals surface area contributed by atoms with Gasteiger partial charge in [-0.05, 0) is 56.4 Å². The Labute approximate surface area is 258 Å². The molecule has 3 N–H and O–H groups in total. The SMILES string of the molecule is CN(C)CC(=O)N1CCN(c2ccc3ccc(C(=O)NCCc4cccnc4)cn23)CC1.O=C(O)C(F)(F)F.O=C(O)C(F)(F)F. The van der Waals surface area contributed by atoms with Gasteiger partial charge in [-0.15, -0.1) is 0 Å². The number of rotatable bonds is 7. The second-order valence-corrected chi connectivity index (χ2v) is 9.98. The Hall–Kier alpha value is -4.87. The van der Waals surface area contributed by atoms with E-state index in [1.165, 1.54) is 0 Å². The topological polar surface area (TPSA) is 148 Å². The number of halogens is 6. The fraction of sp³-hybridized carbons (Fsp3) is 0.393. The molecule has 252 valence electrons. The number of carbonyl (C=O) groups is 4. The molecule has 1 aliphatic rings. The number of piperazine rings is 1. The number of hydrogen-bond acceptors (Lipinski definition) is 7. The van der Waals surface area contributed by atoms with E-state index in [0.717, 1.165) is 36.4 Å². The fourth-order valence-corrected chi connectivity index (χ4v) is 4.00. The normalized spacial score (nSPS) is 13.3. The van der Waals surface area contributed by atoms with Crippen LogP contribution in [0, 0.1) is 0 Å². The van der Waals surface area contributed by atoms with Crippen LogP contribution in [0.4, 0.5) is 32.2 Å². The lowest BCUT2D eigenvalue weighted by Crippen LogP contribution is -2.51. The highest BCUT2D eigenvalue weighted by Gasteiger charge is 2.38. The molecule has 0 aliphatic carbocycles. The van der Waals surface area contributed by atoms with Crippen LogP contribution in [0.2, 0.25) is 0 Å². The van der Waals surface area contributed by atoms with Gasteiger partial charge in [0.05, 0.1) is 12.1 Å². The number of carboxylic acid groups (broad SMARTS) is 2. The van der Waals surface area contributed by atoms with Crippen molar-refractivity contribution in [1.29, 1.82) is 0 Å². The van der Waals surface area contributed by atoms with E-state index in [1.54, 1.807) is 6.20 Å². The lowest BCUT2D eigenvalue weighted by atomic mass is 10.2. The average molecular weight is 663 g/mol. The van der Waals surface area contributed by atoms with Gasteiger partial charge >= 0.3 is 24.3 Å². The van der Waals surface area contributed by atoms with Crippen LogP contribution in [0.25, 0.3) is 5.52 Å². The number of pyridine rings is 2. The maximum atomic E-state index is 12.7. The number of alkyl halides is 6. The second-order valence-electron chi connectivity index (χ2n) is 9.98. The Morgan fingerprint density at radius 2 is 1.46 bits per heavy atom. The zero-order valence-corrected chi connectivity index (χ0v) is 24.7. The maximum absolute atomic E-state index is 12.7. The van der Waals surface area contributed by atoms with Crippen LogP contribution in [0.15, 0.2) is 55.0 Å². The van der Waals surface area contributed by atoms with Crippen LogP contribution < -0.4 is 10.2 Å². The van der Waals surface area contributed by atoms with Gasteiger partial charge in [0.15, 0.2) is 0 Å². The Kier molecular flexibility index (Phi) is 13.3. The second kappa shape index (κ2) is 16.4. The highest BCUT2D eigenvalue weighted by atomic mass is 19.4. The first-order valence-electron chi connectivity index (χ1n) is 13.5. The molecule has 0 aromatic carbocycles. The van der Waals surface area contributed by atoms with Gasteiger partial charge in [-0.25, -0.2) is 9.59 Å². The highest BCUT2D eigenvalue weighted by Crippen LogP contribution is 2.22. The molecule has 3 aromatic heterocycles. The van der Waals surface area contributed by atoms with Gasteiger partial charge in [-0.2, -0.15) is 26.3 Å². The molecule has 4 heterocycles. The summed E-state index contributed by atoms with van der Waals surface area (Å²) in [6, 6.07) is 11.9. The molecule has 1 aliphatic heterocycles. The summed E-state index contributed by atoms with van der Waals surface area (Å²) >= 11 is 0. The van der Waals surface area contributed by atoms with E-state index in [9.17, 15) is 35.9 Å². The monoisotopic (exact) mass is 662 g/mol. The van der Waals surface area contributed by atoms with Crippen molar-refractivity contribution in [2.75, 3.05) is 58.3 Å². The molecule has 0 radical (unpaired) electrons. The molecule has 4 rings (SSSR count). The number of amides is 2. The molecular formula is C28H32F6N6O6. The number of aliphatic carboxylic acids is 2. The summed E-state index contributed by atoms with van der Waals surface area (Å²) in [5.74, 6) is -4.39. The zero-order chi connectivity index (χ0) is 34.7. The largest absolute Gasteiger partial charge is 0.490 e. The number of carbonyl (C=O) groups excluding carboxylic acids is 2. The third-order valence-electron chi connectivity index (χ3n) is 6.21. The van der Waals surface area contributed by atoms with Crippen LogP contribution >= 0.6 is 0 Å². The van der Waals surface area contributed by atoms with Crippen LogP contribution in [-0.2, 0) is 20.8 Å². The van der Waals surface area contributed by atoms with Gasteiger partial charge < -0.3 is 34.6 Å². The average Bonchev–Trinajstić information content (AvgIpc) is 3.40. The lowest BCUT2D eigenvalue weighted by Gasteiger charge is -2.36. The van der Waals surface area contributed by atoms with E-state index in [2.05, 4.69) is 31.7 Å². The van der Waals surface area contributed by atoms with E-state index in [-0.39, 0.29) is 11.8 Å². The van der Waals surface area contributed by atoms with E-state index >= 15 is 0 Å². The lowest BCUT2D eigenvalue weighted by molar-refractivity contribution is -0.193. The summed E-state index contributed by atoms with van der Waals surface area (Å²) in [6.07, 6.45) is -3.97. The third kappa shape index (κ3) is 11.9. The van der Waals surface area contributed by atoms with E-state index in [0.29, 0.717) is 31.7 Å². The quantitative estimate of drug-likeness (QED) is 0.325. The minimum atomic E-state index is -5.08. The van der Waals surface area contributed by atoms with Crippen molar-refractivity contribution in [2.24, 2.45) is 0 Å². The number of carboxylic acids is 2. The van der Waals surface area contributed by atoms with Crippen molar-refractivity contribution in [2.45, 2.75) is 18.8 Å². The van der Waals surface area contributed by atoms with Crippen molar-refractivity contribution < 1.29 is 55.7 Å². The number of fused-ring (bicyclic) bond motifs is 1. The zero-order valence-electron chi connectivity index (χ0n) is 24.7. The predicted octanol–water partition coefficient (Wildman–Crippen LogP) is 2.78. The van der Waals surface area contributed by atoms with Gasteiger partial charge in [0.1, 0.15) is 5.82 Å². The number of nitrogens with one attached hydrogen (secondary N) is 1. The summed E-state index contributed by atoms with van der Waals surface area (Å²) in [5, 5.41) is 17.2. The third-order valence-corrected chi connectivity index (χ3v) is 6.21. The molecular weight excluding hydrogens is 630 g/mol. The summed E-state index contributed by atoms with van der Waals surface area (Å²) in [7, 11) is 3.82. The van der Waals surface area contributed by atoms with Crippen molar-refractivity contribution >= 4 is 35.1 Å². The van der Waals surface area contributed by atoms with E-state index < -0.39 is 24.3 Å². The van der Waals surface area contributed by atoms with Crippen LogP contribution in [0.1, 0.15) is 15.9 Å². The molecule has 0 unspecified atom stereocenters. The minimum absolute atomic E-state index is 0.0884. The Balaban J connectivity index is 0.000000440. The van der Waals surface area contributed by atoms with Crippen molar-refractivity contribution in [3.8, 4) is 0 Å². The van der Waals surface area contributed by atoms with Crippen LogP contribution in [-0.4, -0.2) is 119 Å². The number of aromatic nitrogens is 2. The molecule has 12 nitrogen and oxygen atoms in total. The summed E-state index contributed by atoms with van der Waals surface area (Å²) in [5.41, 5.74) is 2.76. The highest BCUT2D eigenvalue weighted by molar-refractivity contribution is 5.94. The van der Waals surface area contributed by atoms with E-state index in [4.69, 9.17) is 19.8 Å². The van der Waals surface area contributed by atoms with E-state index in [1.807, 2.05) is 60.6 Å². The standard InChI is InChI=1S/C24H30N6O2.2C2HF3O2/c1-27(2)18-23(31)29-14-12-28(13-15-29)22-8-7-21-6-5-20(17-30(21)22)24(32)26-11-9-19-4-3-10-25-16-19;2*3-2(4,5)1(6)7/h3-8,10,16-17H,9,11-15,18H2,1-2H3,(H,26,32);2*(H,6,7). The molecule has 0 spiro atoms. The minimum Gasteiger partial charge on any atom is -0.475 e. The van der Waals surface area contributed by atoms with Crippen molar-refractivity contribution in [3.05, 3.63) is 66.1 Å². The first-order valence-corrected chi connectivity index (χ1v) is 13.5. The first kappa shape index (κ1) is 37.3. The van der Waals surface area contributed by atoms with Crippen molar-refractivity contribution in [3.63, 3.8) is 0 Å². The molecule has 3 aromatic rings. The van der Waals surface area contributed by atoms with Gasteiger partial charge in [0.25, 0.3) is 5.91 Å². The molecule has 0 atom stereocenters. The molecule has 46 heavy (non-hydrogen) atoms. The molecule has 1 saturated heterocycles. The Morgan fingerprint density at radius 3 is 1.96 bits per heavy atom. The molecule has 0 bridgehead atoms. The predicted molar refractivity (Wildman–Crippen MR) is 152 cm³/mol. The van der Waals surface area contributed by atoms with Crippen LogP contribution in [0.3, 0.4) is 0 Å². The van der Waals surface area contributed by atoms with Crippen LogP contribution in [0.5, 0.6) is 0 Å². The Bertz CT molecular complexity index is 1450. The molecule has 18 heteroatoms. The van der Waals surface area contributed by atoms with Gasteiger partial charge in [-0.3, -0.25) is 14.6 Å². The molecule has 1 fully saturated rings. The van der Waals surface area contributed by atoms with Crippen molar-refractivity contribution in [1.82, 2.24) is 24.5 Å².